The fraction of sp³-hybridized carbons (Fsp3) is 0.480. The lowest BCUT2D eigenvalue weighted by Gasteiger charge is -2.42. The molecule has 34 heavy (non-hydrogen) atoms. The molecule has 1 aromatic heterocycles. The quantitative estimate of drug-likeness (QED) is 0.554. The highest BCUT2D eigenvalue weighted by molar-refractivity contribution is 7.85. The van der Waals surface area contributed by atoms with Crippen molar-refractivity contribution in [3.05, 3.63) is 59.9 Å². The van der Waals surface area contributed by atoms with Gasteiger partial charge in [0.05, 0.1) is 24.0 Å². The van der Waals surface area contributed by atoms with E-state index in [9.17, 15) is 4.21 Å². The van der Waals surface area contributed by atoms with Crippen molar-refractivity contribution in [1.82, 2.24) is 30.4 Å². The highest BCUT2D eigenvalue weighted by Gasteiger charge is 2.31. The van der Waals surface area contributed by atoms with E-state index >= 15 is 0 Å². The van der Waals surface area contributed by atoms with E-state index in [2.05, 4.69) is 30.4 Å². The lowest BCUT2D eigenvalue weighted by atomic mass is 9.93. The zero-order chi connectivity index (χ0) is 23.3. The van der Waals surface area contributed by atoms with Gasteiger partial charge in [-0.15, -0.1) is 10.2 Å². The Morgan fingerprint density at radius 2 is 1.59 bits per heavy atom. The number of aromatic nitrogens is 4. The van der Waals surface area contributed by atoms with E-state index in [1.54, 1.807) is 7.11 Å². The van der Waals surface area contributed by atoms with E-state index in [-0.39, 0.29) is 6.04 Å². The maximum atomic E-state index is 13.1. The van der Waals surface area contributed by atoms with Gasteiger partial charge in [0, 0.05) is 42.0 Å². The fourth-order valence-corrected chi connectivity index (χ4v) is 6.26. The van der Waals surface area contributed by atoms with Gasteiger partial charge in [0.2, 0.25) is 0 Å². The van der Waals surface area contributed by atoms with Gasteiger partial charge >= 0.3 is 0 Å². The number of aromatic amines is 1. The third-order valence-corrected chi connectivity index (χ3v) is 8.50. The third-order valence-electron chi connectivity index (χ3n) is 7.09. The zero-order valence-corrected chi connectivity index (χ0v) is 20.4. The molecule has 2 aliphatic rings. The number of tetrazole rings is 1. The number of benzene rings is 2. The van der Waals surface area contributed by atoms with Gasteiger partial charge in [0.1, 0.15) is 5.75 Å². The van der Waals surface area contributed by atoms with Crippen molar-refractivity contribution in [1.29, 1.82) is 0 Å². The molecule has 1 aliphatic heterocycles. The summed E-state index contributed by atoms with van der Waals surface area (Å²) in [5, 5.41) is 15.1. The topological polar surface area (TPSA) is 87.2 Å². The lowest BCUT2D eigenvalue weighted by molar-refractivity contribution is 0.0630. The molecule has 1 saturated heterocycles. The summed E-state index contributed by atoms with van der Waals surface area (Å²) < 4.78 is 18.3. The molecule has 0 bridgehead atoms. The van der Waals surface area contributed by atoms with Crippen molar-refractivity contribution < 1.29 is 8.95 Å². The van der Waals surface area contributed by atoms with Gasteiger partial charge in [-0.25, -0.2) is 4.21 Å². The third kappa shape index (κ3) is 5.06. The Labute approximate surface area is 203 Å². The van der Waals surface area contributed by atoms with E-state index in [4.69, 9.17) is 4.74 Å². The first-order valence-electron chi connectivity index (χ1n) is 12.1. The van der Waals surface area contributed by atoms with Crippen LogP contribution in [0.4, 0.5) is 0 Å². The van der Waals surface area contributed by atoms with Crippen molar-refractivity contribution in [2.45, 2.75) is 54.0 Å². The van der Waals surface area contributed by atoms with Crippen molar-refractivity contribution in [3.8, 4) is 5.75 Å². The summed E-state index contributed by atoms with van der Waals surface area (Å²) in [4.78, 5) is 6.63. The minimum absolute atomic E-state index is 0.0734. The Morgan fingerprint density at radius 3 is 2.18 bits per heavy atom. The van der Waals surface area contributed by atoms with Gasteiger partial charge in [-0.1, -0.05) is 36.6 Å². The van der Waals surface area contributed by atoms with Crippen LogP contribution in [-0.2, 0) is 10.8 Å². The first kappa shape index (κ1) is 23.1. The van der Waals surface area contributed by atoms with E-state index < -0.39 is 10.8 Å². The average molecular weight is 481 g/mol. The molecule has 1 N–H and O–H groups in total. The van der Waals surface area contributed by atoms with Crippen LogP contribution in [0.3, 0.4) is 0 Å². The normalized spacial score (nSPS) is 20.1. The molecule has 2 heterocycles. The molecule has 1 saturated carbocycles. The highest BCUT2D eigenvalue weighted by Crippen LogP contribution is 2.30. The summed E-state index contributed by atoms with van der Waals surface area (Å²) in [5.41, 5.74) is 1.09. The predicted octanol–water partition coefficient (Wildman–Crippen LogP) is 3.41. The molecule has 2 fully saturated rings. The van der Waals surface area contributed by atoms with Crippen LogP contribution in [0, 0.1) is 0 Å². The van der Waals surface area contributed by atoms with Crippen LogP contribution in [0.1, 0.15) is 49.5 Å². The Kier molecular flexibility index (Phi) is 7.32. The molecule has 180 valence electrons. The number of hydrogen-bond acceptors (Lipinski definition) is 7. The van der Waals surface area contributed by atoms with E-state index in [1.807, 2.05) is 48.5 Å². The van der Waals surface area contributed by atoms with Gasteiger partial charge in [-0.05, 0) is 54.8 Å². The van der Waals surface area contributed by atoms with Crippen molar-refractivity contribution in [2.24, 2.45) is 0 Å². The van der Waals surface area contributed by atoms with Crippen LogP contribution in [0.15, 0.2) is 58.3 Å². The molecule has 2 unspecified atom stereocenters. The van der Waals surface area contributed by atoms with Crippen LogP contribution in [0.2, 0.25) is 0 Å². The number of methoxy groups -OCH3 is 1. The predicted molar refractivity (Wildman–Crippen MR) is 130 cm³/mol. The Hall–Kier alpha value is -2.62. The first-order valence-corrected chi connectivity index (χ1v) is 13.2. The molecule has 5 rings (SSSR count). The molecule has 9 heteroatoms. The van der Waals surface area contributed by atoms with Crippen LogP contribution in [-0.4, -0.2) is 74.0 Å². The number of ether oxygens (including phenoxy) is 1. The van der Waals surface area contributed by atoms with Crippen molar-refractivity contribution >= 4 is 10.8 Å². The molecule has 0 radical (unpaired) electrons. The first-order chi connectivity index (χ1) is 16.7. The second-order valence-corrected chi connectivity index (χ2v) is 10.5. The van der Waals surface area contributed by atoms with Gasteiger partial charge in [0.25, 0.3) is 0 Å². The van der Waals surface area contributed by atoms with Gasteiger partial charge in [-0.2, -0.15) is 5.21 Å². The number of nitrogens with one attached hydrogen (secondary N) is 1. The zero-order valence-electron chi connectivity index (χ0n) is 19.6. The van der Waals surface area contributed by atoms with Gasteiger partial charge < -0.3 is 4.74 Å². The minimum Gasteiger partial charge on any atom is -0.497 e. The van der Waals surface area contributed by atoms with Crippen molar-refractivity contribution in [2.75, 3.05) is 33.3 Å². The number of H-pyrrole nitrogens is 1. The Balaban J connectivity index is 1.31. The molecule has 0 amide bonds. The van der Waals surface area contributed by atoms with Crippen LogP contribution in [0.25, 0.3) is 0 Å². The number of rotatable bonds is 7. The maximum Gasteiger partial charge on any atom is 0.196 e. The molecular formula is C25H32N6O2S. The van der Waals surface area contributed by atoms with Crippen molar-refractivity contribution in [3.63, 3.8) is 0 Å². The lowest BCUT2D eigenvalue weighted by Crippen LogP contribution is -2.51. The SMILES string of the molecule is COc1ccc(S(=O)c2ccc(C(c3nn[nH]n3)N3CCN(C4CCCCC4)CC3)cc2)cc1. The largest absolute Gasteiger partial charge is 0.497 e. The van der Waals surface area contributed by atoms with E-state index in [0.717, 1.165) is 53.3 Å². The molecule has 0 spiro atoms. The minimum atomic E-state index is -1.25. The second-order valence-electron chi connectivity index (χ2n) is 9.05. The van der Waals surface area contributed by atoms with Crippen LogP contribution >= 0.6 is 0 Å². The summed E-state index contributed by atoms with van der Waals surface area (Å²) in [6.45, 7) is 4.07. The fourth-order valence-electron chi connectivity index (χ4n) is 5.22. The second kappa shape index (κ2) is 10.8. The standard InChI is InChI=1S/C25H32N6O2S/c1-33-21-9-13-23(14-10-21)34(32)22-11-7-19(8-12-22)24(25-26-28-29-27-25)31-17-15-30(16-18-31)20-5-3-2-4-6-20/h7-14,20,24H,2-6,15-18H2,1H3,(H,26,27,28,29). The summed E-state index contributed by atoms with van der Waals surface area (Å²) in [6, 6.07) is 16.0. The summed E-state index contributed by atoms with van der Waals surface area (Å²) in [6.07, 6.45) is 6.78. The number of piperazine rings is 1. The maximum absolute atomic E-state index is 13.1. The Bertz CT molecular complexity index is 1060. The molecule has 3 aromatic rings. The van der Waals surface area contributed by atoms with Crippen LogP contribution < -0.4 is 4.74 Å². The van der Waals surface area contributed by atoms with Crippen LogP contribution in [0.5, 0.6) is 5.75 Å². The monoisotopic (exact) mass is 480 g/mol. The molecule has 1 aliphatic carbocycles. The summed E-state index contributed by atoms with van der Waals surface area (Å²) >= 11 is 0. The van der Waals surface area contributed by atoms with E-state index in [1.165, 1.54) is 32.1 Å². The highest BCUT2D eigenvalue weighted by atomic mass is 32.2. The smallest absolute Gasteiger partial charge is 0.196 e. The number of nitrogens with zero attached hydrogens (tertiary/aromatic N) is 5. The molecule has 2 atom stereocenters. The van der Waals surface area contributed by atoms with Gasteiger partial charge in [0.15, 0.2) is 5.82 Å². The van der Waals surface area contributed by atoms with Gasteiger partial charge in [-0.3, -0.25) is 9.80 Å². The summed E-state index contributed by atoms with van der Waals surface area (Å²) in [5.74, 6) is 1.43. The molecule has 8 nitrogen and oxygen atoms in total. The number of hydrogen-bond donors (Lipinski definition) is 1. The molecular weight excluding hydrogens is 448 g/mol. The van der Waals surface area contributed by atoms with E-state index in [0.29, 0.717) is 5.82 Å². The Morgan fingerprint density at radius 1 is 0.941 bits per heavy atom. The average Bonchev–Trinajstić information content (AvgIpc) is 3.44. The molecule has 2 aromatic carbocycles. The summed E-state index contributed by atoms with van der Waals surface area (Å²) in [7, 11) is 0.372.